The first-order valence-electron chi connectivity index (χ1n) is 6.39. The van der Waals surface area contributed by atoms with Gasteiger partial charge < -0.3 is 4.42 Å². The molecule has 0 amide bonds. The zero-order valence-electron chi connectivity index (χ0n) is 10.7. The summed E-state index contributed by atoms with van der Waals surface area (Å²) in [5, 5.41) is 3.73. The van der Waals surface area contributed by atoms with E-state index in [0.29, 0.717) is 0 Å². The maximum atomic E-state index is 5.65. The topological polar surface area (TPSA) is 13.1 Å². The number of hydrogen-bond acceptors (Lipinski definition) is 1. The molecule has 0 unspecified atom stereocenters. The Bertz CT molecular complexity index is 760. The molecule has 1 nitrogen and oxygen atoms in total. The van der Waals surface area contributed by atoms with Gasteiger partial charge in [-0.25, -0.2) is 0 Å². The van der Waals surface area contributed by atoms with Crippen LogP contribution < -0.4 is 0 Å². The fraction of sp³-hybridized carbons (Fsp3) is 0.0556. The van der Waals surface area contributed by atoms with E-state index >= 15 is 0 Å². The Labute approximate surface area is 112 Å². The molecule has 3 aromatic rings. The van der Waals surface area contributed by atoms with Gasteiger partial charge in [0.05, 0.1) is 6.26 Å². The van der Waals surface area contributed by atoms with Gasteiger partial charge in [0.1, 0.15) is 5.58 Å². The van der Waals surface area contributed by atoms with Crippen molar-refractivity contribution in [2.75, 3.05) is 0 Å². The third kappa shape index (κ3) is 2.19. The van der Waals surface area contributed by atoms with Gasteiger partial charge in [0, 0.05) is 10.9 Å². The highest BCUT2D eigenvalue weighted by Crippen LogP contribution is 2.30. The van der Waals surface area contributed by atoms with Crippen LogP contribution in [0.25, 0.3) is 21.7 Å². The molecule has 2 aromatic carbocycles. The Morgan fingerprint density at radius 2 is 1.95 bits per heavy atom. The molecule has 0 saturated carbocycles. The summed E-state index contributed by atoms with van der Waals surface area (Å²) in [4.78, 5) is 0. The summed E-state index contributed by atoms with van der Waals surface area (Å²) in [5.74, 6) is 0. The predicted molar refractivity (Wildman–Crippen MR) is 81.1 cm³/mol. The molecule has 0 aliphatic rings. The summed E-state index contributed by atoms with van der Waals surface area (Å²) in [6.45, 7) is 3.66. The van der Waals surface area contributed by atoms with Crippen molar-refractivity contribution >= 4 is 21.7 Å². The van der Waals surface area contributed by atoms with E-state index in [1.165, 1.54) is 21.7 Å². The Morgan fingerprint density at radius 3 is 2.84 bits per heavy atom. The molecule has 0 spiro atoms. The summed E-state index contributed by atoms with van der Waals surface area (Å²) >= 11 is 0. The molecule has 0 atom stereocenters. The number of allylic oxidation sites excluding steroid dienone is 4. The zero-order chi connectivity index (χ0) is 13.1. The van der Waals surface area contributed by atoms with Crippen molar-refractivity contribution in [1.82, 2.24) is 0 Å². The van der Waals surface area contributed by atoms with E-state index < -0.39 is 0 Å². The zero-order valence-corrected chi connectivity index (χ0v) is 10.7. The van der Waals surface area contributed by atoms with Crippen molar-refractivity contribution < 1.29 is 4.42 Å². The fourth-order valence-electron chi connectivity index (χ4n) is 2.38. The van der Waals surface area contributed by atoms with Gasteiger partial charge in [-0.1, -0.05) is 54.6 Å². The van der Waals surface area contributed by atoms with Crippen LogP contribution in [0.5, 0.6) is 0 Å². The van der Waals surface area contributed by atoms with E-state index in [4.69, 9.17) is 4.42 Å². The first-order chi connectivity index (χ1) is 9.40. The molecule has 1 aromatic heterocycles. The summed E-state index contributed by atoms with van der Waals surface area (Å²) < 4.78 is 5.65. The highest BCUT2D eigenvalue weighted by molar-refractivity contribution is 6.07. The Morgan fingerprint density at radius 1 is 1.05 bits per heavy atom. The number of benzene rings is 2. The molecule has 3 rings (SSSR count). The Balaban J connectivity index is 2.12. The largest absolute Gasteiger partial charge is 0.464 e. The van der Waals surface area contributed by atoms with Crippen molar-refractivity contribution in [3.8, 4) is 0 Å². The monoisotopic (exact) mass is 247 g/mol. The van der Waals surface area contributed by atoms with Crippen LogP contribution >= 0.6 is 0 Å². The highest BCUT2D eigenvalue weighted by Gasteiger charge is 2.08. The van der Waals surface area contributed by atoms with Gasteiger partial charge >= 0.3 is 0 Å². The molecular formula is C18H15O. The van der Waals surface area contributed by atoms with Crippen molar-refractivity contribution in [3.63, 3.8) is 0 Å². The predicted octanol–water partition coefficient (Wildman–Crippen LogP) is 5.07. The van der Waals surface area contributed by atoms with E-state index in [1.807, 2.05) is 24.5 Å². The Kier molecular flexibility index (Phi) is 3.20. The first-order valence-corrected chi connectivity index (χ1v) is 6.39. The minimum Gasteiger partial charge on any atom is -0.464 e. The van der Waals surface area contributed by atoms with E-state index in [9.17, 15) is 0 Å². The lowest BCUT2D eigenvalue weighted by atomic mass is 10.0. The van der Waals surface area contributed by atoms with Crippen LogP contribution in [-0.2, 0) is 6.42 Å². The smallest absolute Gasteiger partial charge is 0.134 e. The second kappa shape index (κ2) is 5.15. The molecule has 0 aliphatic carbocycles. The molecule has 0 aliphatic heterocycles. The van der Waals surface area contributed by atoms with Crippen LogP contribution in [0.15, 0.2) is 71.4 Å². The molecule has 93 valence electrons. The second-order valence-corrected chi connectivity index (χ2v) is 4.48. The van der Waals surface area contributed by atoms with Crippen LogP contribution in [0.1, 0.15) is 5.56 Å². The minimum absolute atomic E-state index is 0.866. The van der Waals surface area contributed by atoms with E-state index in [2.05, 4.69) is 43.3 Å². The van der Waals surface area contributed by atoms with Gasteiger partial charge in [0.2, 0.25) is 0 Å². The lowest BCUT2D eigenvalue weighted by molar-refractivity contribution is 0.612. The molecule has 0 bridgehead atoms. The molecule has 1 radical (unpaired) electrons. The number of furan rings is 1. The molecule has 19 heavy (non-hydrogen) atoms. The van der Waals surface area contributed by atoms with Crippen LogP contribution in [-0.4, -0.2) is 0 Å². The quantitative estimate of drug-likeness (QED) is 0.588. The third-order valence-electron chi connectivity index (χ3n) is 3.26. The highest BCUT2D eigenvalue weighted by atomic mass is 16.3. The molecule has 0 saturated heterocycles. The van der Waals surface area contributed by atoms with Crippen LogP contribution in [0.4, 0.5) is 0 Å². The minimum atomic E-state index is 0.866. The number of hydrogen-bond donors (Lipinski definition) is 0. The van der Waals surface area contributed by atoms with Crippen LogP contribution in [0.2, 0.25) is 0 Å². The maximum absolute atomic E-state index is 5.65. The number of fused-ring (bicyclic) bond motifs is 3. The van der Waals surface area contributed by atoms with Crippen molar-refractivity contribution in [3.05, 3.63) is 79.5 Å². The van der Waals surface area contributed by atoms with E-state index in [1.54, 1.807) is 6.08 Å². The molecule has 0 fully saturated rings. The summed E-state index contributed by atoms with van der Waals surface area (Å²) in [6, 6.07) is 12.6. The normalized spacial score (nSPS) is 12.3. The van der Waals surface area contributed by atoms with Gasteiger partial charge in [-0.2, -0.15) is 0 Å². The van der Waals surface area contributed by atoms with Crippen molar-refractivity contribution in [2.24, 2.45) is 0 Å². The van der Waals surface area contributed by atoms with Gasteiger partial charge in [0.25, 0.3) is 0 Å². The van der Waals surface area contributed by atoms with Crippen molar-refractivity contribution in [2.45, 2.75) is 6.42 Å². The van der Waals surface area contributed by atoms with Crippen LogP contribution in [0, 0.1) is 6.92 Å². The lowest BCUT2D eigenvalue weighted by Crippen LogP contribution is -1.80. The third-order valence-corrected chi connectivity index (χ3v) is 3.26. The fourth-order valence-corrected chi connectivity index (χ4v) is 2.38. The molecule has 1 heteroatoms. The summed E-state index contributed by atoms with van der Waals surface area (Å²) in [7, 11) is 0. The molecular weight excluding hydrogens is 232 g/mol. The van der Waals surface area contributed by atoms with Gasteiger partial charge in [-0.3, -0.25) is 0 Å². The average Bonchev–Trinajstić information content (AvgIpc) is 2.87. The van der Waals surface area contributed by atoms with E-state index in [-0.39, 0.29) is 0 Å². The SMILES string of the molecule is [CH2]C=CC=CCc1coc2ccc3ccccc3c12. The van der Waals surface area contributed by atoms with Gasteiger partial charge in [-0.05, 0) is 30.2 Å². The summed E-state index contributed by atoms with van der Waals surface area (Å²) in [5.41, 5.74) is 2.18. The second-order valence-electron chi connectivity index (χ2n) is 4.48. The van der Waals surface area contributed by atoms with E-state index in [0.717, 1.165) is 12.0 Å². The van der Waals surface area contributed by atoms with Crippen molar-refractivity contribution in [1.29, 1.82) is 0 Å². The Hall–Kier alpha value is -2.28. The summed E-state index contributed by atoms with van der Waals surface area (Å²) in [6.07, 6.45) is 10.6. The first kappa shape index (κ1) is 11.8. The molecule has 1 heterocycles. The average molecular weight is 247 g/mol. The van der Waals surface area contributed by atoms with Gasteiger partial charge in [-0.15, -0.1) is 0 Å². The number of rotatable bonds is 3. The van der Waals surface area contributed by atoms with Crippen LogP contribution in [0.3, 0.4) is 0 Å². The standard InChI is InChI=1S/C18H15O/c1-2-3-4-5-9-15-13-19-17-12-11-14-8-6-7-10-16(14)18(15)17/h2-8,10-13H,1,9H2. The molecule has 0 N–H and O–H groups in total. The lowest BCUT2D eigenvalue weighted by Gasteiger charge is -2.00. The van der Waals surface area contributed by atoms with Gasteiger partial charge in [0.15, 0.2) is 0 Å². The maximum Gasteiger partial charge on any atom is 0.134 e.